The van der Waals surface area contributed by atoms with Crippen LogP contribution in [-0.4, -0.2) is 62.2 Å². The van der Waals surface area contributed by atoms with E-state index in [9.17, 15) is 0 Å². The molecule has 0 amide bonds. The van der Waals surface area contributed by atoms with Gasteiger partial charge in [0.2, 0.25) is 0 Å². The van der Waals surface area contributed by atoms with Gasteiger partial charge in [0, 0.05) is 46.3 Å². The van der Waals surface area contributed by atoms with Gasteiger partial charge in [-0.2, -0.15) is 0 Å². The van der Waals surface area contributed by atoms with Crippen LogP contribution in [-0.2, 0) is 17.8 Å². The van der Waals surface area contributed by atoms with E-state index in [2.05, 4.69) is 44.4 Å². The van der Waals surface area contributed by atoms with Gasteiger partial charge in [0.05, 0.1) is 13.2 Å². The molecule has 0 unspecified atom stereocenters. The lowest BCUT2D eigenvalue weighted by molar-refractivity contribution is 0.0341. The third kappa shape index (κ3) is 4.46. The number of likely N-dealkylation sites (tertiary alicyclic amines) is 1. The highest BCUT2D eigenvalue weighted by Crippen LogP contribution is 2.45. The van der Waals surface area contributed by atoms with E-state index in [1.807, 2.05) is 7.05 Å². The van der Waals surface area contributed by atoms with Crippen LogP contribution in [0, 0.1) is 5.41 Å². The van der Waals surface area contributed by atoms with Crippen LogP contribution in [0.3, 0.4) is 0 Å². The van der Waals surface area contributed by atoms with Gasteiger partial charge in [-0.05, 0) is 35.8 Å². The summed E-state index contributed by atoms with van der Waals surface area (Å²) in [5.41, 5.74) is 3.36. The molecule has 3 fully saturated rings. The molecule has 0 radical (unpaired) electrons. The van der Waals surface area contributed by atoms with Crippen molar-refractivity contribution in [1.29, 1.82) is 0 Å². The zero-order valence-electron chi connectivity index (χ0n) is 16.8. The van der Waals surface area contributed by atoms with Gasteiger partial charge in [0.25, 0.3) is 0 Å². The first-order valence-corrected chi connectivity index (χ1v) is 10.6. The Balaban J connectivity index is 1.36. The molecule has 0 aromatic heterocycles. The molecular formula is C22H34N4O. The van der Waals surface area contributed by atoms with Crippen molar-refractivity contribution in [1.82, 2.24) is 15.1 Å². The first-order valence-electron chi connectivity index (χ1n) is 10.6. The summed E-state index contributed by atoms with van der Waals surface area (Å²) in [7, 11) is 1.92. The molecule has 1 spiro atoms. The fourth-order valence-electron chi connectivity index (χ4n) is 5.04. The number of hydrogen-bond donors (Lipinski definition) is 1. The van der Waals surface area contributed by atoms with Gasteiger partial charge in [-0.1, -0.05) is 37.1 Å². The van der Waals surface area contributed by atoms with Crippen molar-refractivity contribution in [2.45, 2.75) is 45.2 Å². The number of rotatable bonds is 4. The molecule has 2 saturated heterocycles. The Kier molecular flexibility index (Phi) is 5.98. The topological polar surface area (TPSA) is 40.1 Å². The van der Waals surface area contributed by atoms with E-state index in [0.29, 0.717) is 5.41 Å². The Hall–Kier alpha value is -1.59. The van der Waals surface area contributed by atoms with Gasteiger partial charge < -0.3 is 15.0 Å². The van der Waals surface area contributed by atoms with Crippen LogP contribution in [0.1, 0.15) is 43.2 Å². The van der Waals surface area contributed by atoms with E-state index in [-0.39, 0.29) is 0 Å². The summed E-state index contributed by atoms with van der Waals surface area (Å²) in [6.45, 7) is 7.94. The maximum Gasteiger partial charge on any atom is 0.193 e. The number of hydrogen-bond acceptors (Lipinski definition) is 3. The largest absolute Gasteiger partial charge is 0.379 e. The second-order valence-corrected chi connectivity index (χ2v) is 8.44. The van der Waals surface area contributed by atoms with Crippen molar-refractivity contribution >= 4 is 5.96 Å². The SMILES string of the molecule is CN=C(NCc1ccccc1CN1CCOCC1)N1CCC2(CCCC2)C1. The van der Waals surface area contributed by atoms with Gasteiger partial charge in [0.1, 0.15) is 0 Å². The molecule has 0 atom stereocenters. The number of benzene rings is 1. The molecular weight excluding hydrogens is 336 g/mol. The van der Waals surface area contributed by atoms with Crippen molar-refractivity contribution in [2.24, 2.45) is 10.4 Å². The molecule has 1 aromatic carbocycles. The third-order valence-corrected chi connectivity index (χ3v) is 6.67. The van der Waals surface area contributed by atoms with Crippen LogP contribution >= 0.6 is 0 Å². The predicted octanol–water partition coefficient (Wildman–Crippen LogP) is 2.86. The molecule has 0 bridgehead atoms. The van der Waals surface area contributed by atoms with Gasteiger partial charge >= 0.3 is 0 Å². The zero-order valence-corrected chi connectivity index (χ0v) is 16.8. The smallest absolute Gasteiger partial charge is 0.193 e. The molecule has 27 heavy (non-hydrogen) atoms. The second-order valence-electron chi connectivity index (χ2n) is 8.44. The van der Waals surface area contributed by atoms with Gasteiger partial charge in [-0.3, -0.25) is 9.89 Å². The molecule has 1 saturated carbocycles. The number of nitrogens with zero attached hydrogens (tertiary/aromatic N) is 3. The van der Waals surface area contributed by atoms with E-state index in [0.717, 1.165) is 51.9 Å². The average molecular weight is 371 g/mol. The van der Waals surface area contributed by atoms with E-state index < -0.39 is 0 Å². The minimum atomic E-state index is 0.575. The molecule has 2 heterocycles. The minimum absolute atomic E-state index is 0.575. The van der Waals surface area contributed by atoms with E-state index in [1.165, 1.54) is 49.8 Å². The summed E-state index contributed by atoms with van der Waals surface area (Å²) in [6, 6.07) is 8.81. The quantitative estimate of drug-likeness (QED) is 0.654. The Morgan fingerprint density at radius 3 is 2.56 bits per heavy atom. The molecule has 1 N–H and O–H groups in total. The monoisotopic (exact) mass is 370 g/mol. The molecule has 5 nitrogen and oxygen atoms in total. The van der Waals surface area contributed by atoms with Gasteiger partial charge in [-0.15, -0.1) is 0 Å². The summed E-state index contributed by atoms with van der Waals surface area (Å²) >= 11 is 0. The van der Waals surface area contributed by atoms with E-state index in [1.54, 1.807) is 0 Å². The highest BCUT2D eigenvalue weighted by Gasteiger charge is 2.41. The van der Waals surface area contributed by atoms with E-state index >= 15 is 0 Å². The number of morpholine rings is 1. The summed E-state index contributed by atoms with van der Waals surface area (Å²) < 4.78 is 5.48. The van der Waals surface area contributed by atoms with Crippen molar-refractivity contribution in [3.63, 3.8) is 0 Å². The summed E-state index contributed by atoms with van der Waals surface area (Å²) in [5.74, 6) is 1.07. The van der Waals surface area contributed by atoms with Crippen LogP contribution in [0.2, 0.25) is 0 Å². The molecule has 1 aliphatic carbocycles. The highest BCUT2D eigenvalue weighted by atomic mass is 16.5. The predicted molar refractivity (Wildman–Crippen MR) is 110 cm³/mol. The Labute approximate surface area is 163 Å². The Morgan fingerprint density at radius 1 is 1.07 bits per heavy atom. The molecule has 5 heteroatoms. The molecule has 4 rings (SSSR count). The van der Waals surface area contributed by atoms with E-state index in [4.69, 9.17) is 4.74 Å². The number of nitrogens with one attached hydrogen (secondary N) is 1. The Bertz CT molecular complexity index is 647. The lowest BCUT2D eigenvalue weighted by Gasteiger charge is -2.28. The maximum absolute atomic E-state index is 5.48. The van der Waals surface area contributed by atoms with Crippen molar-refractivity contribution in [3.8, 4) is 0 Å². The standard InChI is InChI=1S/C22H34N4O/c1-23-21(26-11-10-22(18-26)8-4-5-9-22)24-16-19-6-2-3-7-20(19)17-25-12-14-27-15-13-25/h2-3,6-7H,4-5,8-18H2,1H3,(H,23,24). The first kappa shape index (κ1) is 18.8. The van der Waals surface area contributed by atoms with Gasteiger partial charge in [-0.25, -0.2) is 0 Å². The lowest BCUT2D eigenvalue weighted by atomic mass is 9.86. The molecule has 148 valence electrons. The first-order chi connectivity index (χ1) is 13.3. The summed E-state index contributed by atoms with van der Waals surface area (Å²) in [4.78, 5) is 9.56. The van der Waals surface area contributed by atoms with Crippen LogP contribution in [0.15, 0.2) is 29.3 Å². The van der Waals surface area contributed by atoms with Gasteiger partial charge in [0.15, 0.2) is 5.96 Å². The number of aliphatic imine (C=N–C) groups is 1. The van der Waals surface area contributed by atoms with Crippen molar-refractivity contribution in [2.75, 3.05) is 46.4 Å². The zero-order chi connectivity index (χ0) is 18.5. The van der Waals surface area contributed by atoms with Crippen LogP contribution in [0.5, 0.6) is 0 Å². The lowest BCUT2D eigenvalue weighted by Crippen LogP contribution is -2.41. The van der Waals surface area contributed by atoms with Crippen LogP contribution < -0.4 is 5.32 Å². The fourth-order valence-corrected chi connectivity index (χ4v) is 5.04. The fraction of sp³-hybridized carbons (Fsp3) is 0.682. The average Bonchev–Trinajstić information content (AvgIpc) is 3.34. The van der Waals surface area contributed by atoms with Crippen molar-refractivity contribution < 1.29 is 4.74 Å². The molecule has 3 aliphatic rings. The third-order valence-electron chi connectivity index (χ3n) is 6.67. The summed E-state index contributed by atoms with van der Waals surface area (Å²) in [6.07, 6.45) is 6.97. The Morgan fingerprint density at radius 2 is 1.81 bits per heavy atom. The number of ether oxygens (including phenoxy) is 1. The second kappa shape index (κ2) is 8.61. The van der Waals surface area contributed by atoms with Crippen LogP contribution in [0.25, 0.3) is 0 Å². The van der Waals surface area contributed by atoms with Crippen molar-refractivity contribution in [3.05, 3.63) is 35.4 Å². The number of guanidine groups is 1. The highest BCUT2D eigenvalue weighted by molar-refractivity contribution is 5.80. The minimum Gasteiger partial charge on any atom is -0.379 e. The normalized spacial score (nSPS) is 23.3. The molecule has 2 aliphatic heterocycles. The maximum atomic E-state index is 5.48. The summed E-state index contributed by atoms with van der Waals surface area (Å²) in [5, 5.41) is 3.64. The molecule has 1 aromatic rings. The van der Waals surface area contributed by atoms with Crippen LogP contribution in [0.4, 0.5) is 0 Å².